The lowest BCUT2D eigenvalue weighted by molar-refractivity contribution is -0.129. The lowest BCUT2D eigenvalue weighted by Crippen LogP contribution is -2.03. The zero-order valence-electron chi connectivity index (χ0n) is 11.0. The first-order valence-electron chi connectivity index (χ1n) is 6.07. The van der Waals surface area contributed by atoms with E-state index in [0.29, 0.717) is 5.90 Å². The van der Waals surface area contributed by atoms with Crippen molar-refractivity contribution in [2.24, 2.45) is 4.99 Å². The molecule has 0 unspecified atom stereocenters. The third kappa shape index (κ3) is 2.91. The number of nitrogens with zero attached hydrogens (tertiary/aromatic N) is 1. The maximum Gasteiger partial charge on any atom is 0.363 e. The molecule has 3 rings (SSSR count). The molecule has 4 nitrogen and oxygen atoms in total. The van der Waals surface area contributed by atoms with E-state index in [2.05, 4.69) is 20.9 Å². The number of ether oxygens (including phenoxy) is 2. The summed E-state index contributed by atoms with van der Waals surface area (Å²) in [5, 5.41) is 1.91. The van der Waals surface area contributed by atoms with Crippen molar-refractivity contribution in [3.63, 3.8) is 0 Å². The van der Waals surface area contributed by atoms with Crippen LogP contribution in [-0.4, -0.2) is 19.0 Å². The predicted molar refractivity (Wildman–Crippen MR) is 85.6 cm³/mol. The average molecular weight is 364 g/mol. The molecule has 0 saturated heterocycles. The summed E-state index contributed by atoms with van der Waals surface area (Å²) in [7, 11) is 1.60. The van der Waals surface area contributed by atoms with Crippen molar-refractivity contribution < 1.29 is 14.3 Å². The Morgan fingerprint density at radius 3 is 2.90 bits per heavy atom. The van der Waals surface area contributed by atoms with Gasteiger partial charge in [0.15, 0.2) is 5.70 Å². The smallest absolute Gasteiger partial charge is 0.363 e. The normalized spacial score (nSPS) is 16.0. The molecule has 0 amide bonds. The standard InChI is InChI=1S/C15H10BrNO3S/c1-19-12-5-4-9(7-10(12)16)8-11-15(18)20-14(17-11)13-3-2-6-21-13/h2-8H,1H3/b11-8-. The summed E-state index contributed by atoms with van der Waals surface area (Å²) < 4.78 is 11.2. The molecule has 0 fully saturated rings. The van der Waals surface area contributed by atoms with E-state index in [1.807, 2.05) is 35.7 Å². The van der Waals surface area contributed by atoms with Crippen LogP contribution in [0.3, 0.4) is 0 Å². The number of methoxy groups -OCH3 is 1. The molecule has 0 spiro atoms. The van der Waals surface area contributed by atoms with Gasteiger partial charge in [0.25, 0.3) is 0 Å². The number of hydrogen-bond donors (Lipinski definition) is 0. The van der Waals surface area contributed by atoms with E-state index in [1.165, 1.54) is 11.3 Å². The first-order chi connectivity index (χ1) is 10.2. The van der Waals surface area contributed by atoms with E-state index in [4.69, 9.17) is 9.47 Å². The van der Waals surface area contributed by atoms with Gasteiger partial charge in [-0.1, -0.05) is 12.1 Å². The minimum atomic E-state index is -0.439. The number of halogens is 1. The summed E-state index contributed by atoms with van der Waals surface area (Å²) in [5.41, 5.74) is 1.13. The Labute approximate surface area is 133 Å². The number of aliphatic imine (C=N–C) groups is 1. The van der Waals surface area contributed by atoms with E-state index >= 15 is 0 Å². The van der Waals surface area contributed by atoms with Gasteiger partial charge in [0.05, 0.1) is 16.5 Å². The molecule has 1 aromatic heterocycles. The van der Waals surface area contributed by atoms with Crippen LogP contribution in [0.15, 0.2) is 50.9 Å². The maximum absolute atomic E-state index is 11.9. The monoisotopic (exact) mass is 363 g/mol. The SMILES string of the molecule is COc1ccc(/C=C2\N=C(c3cccs3)OC2=O)cc1Br. The predicted octanol–water partition coefficient (Wildman–Crippen LogP) is 3.86. The van der Waals surface area contributed by atoms with Gasteiger partial charge in [-0.05, 0) is 51.1 Å². The van der Waals surface area contributed by atoms with Gasteiger partial charge in [-0.15, -0.1) is 11.3 Å². The molecule has 0 N–H and O–H groups in total. The minimum Gasteiger partial charge on any atom is -0.496 e. The third-order valence-corrected chi connectivity index (χ3v) is 4.31. The summed E-state index contributed by atoms with van der Waals surface area (Å²) in [6, 6.07) is 9.28. The number of cyclic esters (lactones) is 1. The first-order valence-corrected chi connectivity index (χ1v) is 7.74. The van der Waals surface area contributed by atoms with E-state index in [9.17, 15) is 4.79 Å². The fourth-order valence-electron chi connectivity index (χ4n) is 1.85. The number of hydrogen-bond acceptors (Lipinski definition) is 5. The lowest BCUT2D eigenvalue weighted by Gasteiger charge is -2.03. The van der Waals surface area contributed by atoms with Crippen molar-refractivity contribution in [1.82, 2.24) is 0 Å². The van der Waals surface area contributed by atoms with Gasteiger partial charge in [-0.3, -0.25) is 0 Å². The van der Waals surface area contributed by atoms with Gasteiger partial charge >= 0.3 is 5.97 Å². The number of rotatable bonds is 3. The molecule has 6 heteroatoms. The summed E-state index contributed by atoms with van der Waals surface area (Å²) >= 11 is 4.89. The summed E-state index contributed by atoms with van der Waals surface area (Å²) in [6.45, 7) is 0. The van der Waals surface area contributed by atoms with Crippen LogP contribution < -0.4 is 4.74 Å². The van der Waals surface area contributed by atoms with Crippen LogP contribution in [-0.2, 0) is 9.53 Å². The average Bonchev–Trinajstić information content (AvgIpc) is 3.10. The Balaban J connectivity index is 1.92. The molecule has 0 atom stereocenters. The van der Waals surface area contributed by atoms with Crippen molar-refractivity contribution in [2.45, 2.75) is 0 Å². The summed E-state index contributed by atoms with van der Waals surface area (Å²) in [4.78, 5) is 16.9. The molecule has 21 heavy (non-hydrogen) atoms. The summed E-state index contributed by atoms with van der Waals surface area (Å²) in [5.74, 6) is 0.646. The largest absolute Gasteiger partial charge is 0.496 e. The molecule has 106 valence electrons. The van der Waals surface area contributed by atoms with Crippen LogP contribution >= 0.6 is 27.3 Å². The fraction of sp³-hybridized carbons (Fsp3) is 0.0667. The lowest BCUT2D eigenvalue weighted by atomic mass is 10.2. The van der Waals surface area contributed by atoms with Crippen molar-refractivity contribution >= 4 is 45.2 Å². The highest BCUT2D eigenvalue weighted by Gasteiger charge is 2.24. The van der Waals surface area contributed by atoms with E-state index in [1.54, 1.807) is 13.2 Å². The van der Waals surface area contributed by atoms with Crippen LogP contribution in [0.25, 0.3) is 6.08 Å². The zero-order valence-corrected chi connectivity index (χ0v) is 13.4. The van der Waals surface area contributed by atoms with Crippen LogP contribution in [0.1, 0.15) is 10.4 Å². The second-order valence-electron chi connectivity index (χ2n) is 4.21. The van der Waals surface area contributed by atoms with Crippen LogP contribution in [0.4, 0.5) is 0 Å². The molecule has 1 aliphatic heterocycles. The number of carbonyl (C=O) groups excluding carboxylic acids is 1. The van der Waals surface area contributed by atoms with Crippen molar-refractivity contribution in [3.8, 4) is 5.75 Å². The molecule has 0 saturated carbocycles. The Bertz CT molecular complexity index is 750. The second kappa shape index (κ2) is 5.83. The fourth-order valence-corrected chi connectivity index (χ4v) is 3.05. The van der Waals surface area contributed by atoms with Crippen LogP contribution in [0.5, 0.6) is 5.75 Å². The van der Waals surface area contributed by atoms with Gasteiger partial charge in [0.1, 0.15) is 5.75 Å². The second-order valence-corrected chi connectivity index (χ2v) is 6.01. The van der Waals surface area contributed by atoms with E-state index in [-0.39, 0.29) is 5.70 Å². The van der Waals surface area contributed by atoms with Crippen molar-refractivity contribution in [3.05, 3.63) is 56.3 Å². The van der Waals surface area contributed by atoms with Gasteiger partial charge < -0.3 is 9.47 Å². The molecule has 2 heterocycles. The Morgan fingerprint density at radius 1 is 1.38 bits per heavy atom. The molecule has 2 aromatic rings. The Morgan fingerprint density at radius 2 is 2.24 bits per heavy atom. The highest BCUT2D eigenvalue weighted by Crippen LogP contribution is 2.27. The van der Waals surface area contributed by atoms with Gasteiger partial charge in [-0.25, -0.2) is 9.79 Å². The Kier molecular flexibility index (Phi) is 3.90. The number of esters is 1. The maximum atomic E-state index is 11.9. The van der Waals surface area contributed by atoms with Crippen LogP contribution in [0, 0.1) is 0 Å². The van der Waals surface area contributed by atoms with Gasteiger partial charge in [0.2, 0.25) is 5.90 Å². The first kappa shape index (κ1) is 14.0. The molecule has 0 radical (unpaired) electrons. The highest BCUT2D eigenvalue weighted by atomic mass is 79.9. The molecule has 1 aliphatic rings. The van der Waals surface area contributed by atoms with Crippen molar-refractivity contribution in [1.29, 1.82) is 0 Å². The molecular formula is C15H10BrNO3S. The van der Waals surface area contributed by atoms with Gasteiger partial charge in [0, 0.05) is 0 Å². The topological polar surface area (TPSA) is 47.9 Å². The molecule has 1 aromatic carbocycles. The third-order valence-electron chi connectivity index (χ3n) is 2.83. The van der Waals surface area contributed by atoms with Crippen LogP contribution in [0.2, 0.25) is 0 Å². The molecule has 0 aliphatic carbocycles. The highest BCUT2D eigenvalue weighted by molar-refractivity contribution is 9.10. The number of benzene rings is 1. The van der Waals surface area contributed by atoms with Gasteiger partial charge in [-0.2, -0.15) is 0 Å². The van der Waals surface area contributed by atoms with E-state index in [0.717, 1.165) is 20.7 Å². The zero-order chi connectivity index (χ0) is 14.8. The number of thiophene rings is 1. The molecular weight excluding hydrogens is 354 g/mol. The number of carbonyl (C=O) groups is 1. The Hall–Kier alpha value is -1.92. The quantitative estimate of drug-likeness (QED) is 0.614. The molecule has 0 bridgehead atoms. The van der Waals surface area contributed by atoms with Crippen molar-refractivity contribution in [2.75, 3.05) is 7.11 Å². The minimum absolute atomic E-state index is 0.287. The summed E-state index contributed by atoms with van der Waals surface area (Å²) in [6.07, 6.45) is 1.69. The van der Waals surface area contributed by atoms with E-state index < -0.39 is 5.97 Å².